The summed E-state index contributed by atoms with van der Waals surface area (Å²) in [5.41, 5.74) is 2.17. The van der Waals surface area contributed by atoms with Crippen molar-refractivity contribution < 1.29 is 13.9 Å². The van der Waals surface area contributed by atoms with Crippen LogP contribution in [0, 0.1) is 5.82 Å². The van der Waals surface area contributed by atoms with Crippen LogP contribution in [0.3, 0.4) is 0 Å². The lowest BCUT2D eigenvalue weighted by Gasteiger charge is -2.20. The number of benzene rings is 2. The maximum absolute atomic E-state index is 13.7. The van der Waals surface area contributed by atoms with E-state index >= 15 is 0 Å². The summed E-state index contributed by atoms with van der Waals surface area (Å²) < 4.78 is 19.2. The van der Waals surface area contributed by atoms with E-state index in [2.05, 4.69) is 15.6 Å². The summed E-state index contributed by atoms with van der Waals surface area (Å²) in [6, 6.07) is 14.2. The molecule has 29 heavy (non-hydrogen) atoms. The number of amides is 1. The number of hydrogen-bond acceptors (Lipinski definition) is 3. The van der Waals surface area contributed by atoms with Crippen LogP contribution >= 0.6 is 24.0 Å². The van der Waals surface area contributed by atoms with Gasteiger partial charge in [0.25, 0.3) is 0 Å². The molecule has 0 aromatic heterocycles. The highest BCUT2D eigenvalue weighted by atomic mass is 127. The number of nitrogens with one attached hydrogen (secondary N) is 2. The first-order valence-corrected chi connectivity index (χ1v) is 9.32. The minimum atomic E-state index is -0.395. The van der Waals surface area contributed by atoms with Crippen LogP contribution in [0.15, 0.2) is 53.5 Å². The van der Waals surface area contributed by atoms with Gasteiger partial charge in [0.05, 0.1) is 13.1 Å². The van der Waals surface area contributed by atoms with E-state index in [0.717, 1.165) is 12.1 Å². The molecule has 1 amide bonds. The summed E-state index contributed by atoms with van der Waals surface area (Å²) in [4.78, 5) is 18.5. The van der Waals surface area contributed by atoms with Crippen molar-refractivity contribution in [3.8, 4) is 5.75 Å². The molecule has 6 nitrogen and oxygen atoms in total. The molecule has 2 aromatic rings. The number of rotatable bonds is 6. The fourth-order valence-electron chi connectivity index (χ4n) is 3.11. The van der Waals surface area contributed by atoms with E-state index in [-0.39, 0.29) is 48.3 Å². The predicted molar refractivity (Wildman–Crippen MR) is 124 cm³/mol. The lowest BCUT2D eigenvalue weighted by Crippen LogP contribution is -2.46. The summed E-state index contributed by atoms with van der Waals surface area (Å²) in [5.74, 6) is 0.296. The number of hydrogen-bond donors (Lipinski definition) is 2. The third-order valence-electron chi connectivity index (χ3n) is 4.54. The minimum Gasteiger partial charge on any atom is -0.486 e. The Balaban J connectivity index is 0.00000300. The van der Waals surface area contributed by atoms with Gasteiger partial charge in [-0.2, -0.15) is 0 Å². The Morgan fingerprint density at radius 3 is 2.69 bits per heavy atom. The lowest BCUT2D eigenvalue weighted by molar-refractivity contribution is -0.117. The zero-order valence-corrected chi connectivity index (χ0v) is 18.9. The topological polar surface area (TPSA) is 66.0 Å². The van der Waals surface area contributed by atoms with Gasteiger partial charge in [-0.3, -0.25) is 9.79 Å². The second-order valence-electron chi connectivity index (χ2n) is 6.59. The van der Waals surface area contributed by atoms with Crippen LogP contribution in [0.5, 0.6) is 5.75 Å². The first kappa shape index (κ1) is 22.9. The average Bonchev–Trinajstić information content (AvgIpc) is 3.14. The van der Waals surface area contributed by atoms with Gasteiger partial charge >= 0.3 is 0 Å². The second kappa shape index (κ2) is 11.0. The number of carbonyl (C=O) groups excluding carboxylic acids is 1. The minimum absolute atomic E-state index is 0. The summed E-state index contributed by atoms with van der Waals surface area (Å²) >= 11 is 0. The number of fused-ring (bicyclic) bond motifs is 1. The highest BCUT2D eigenvalue weighted by Gasteiger charge is 2.23. The van der Waals surface area contributed by atoms with Crippen molar-refractivity contribution in [2.24, 2.45) is 4.99 Å². The molecule has 1 atom stereocenters. The van der Waals surface area contributed by atoms with Gasteiger partial charge in [0.15, 0.2) is 17.5 Å². The van der Waals surface area contributed by atoms with E-state index in [1.165, 1.54) is 11.6 Å². The van der Waals surface area contributed by atoms with E-state index in [9.17, 15) is 9.18 Å². The highest BCUT2D eigenvalue weighted by Crippen LogP contribution is 2.27. The van der Waals surface area contributed by atoms with Crippen LogP contribution in [-0.4, -0.2) is 44.7 Å². The number of guanidine groups is 1. The summed E-state index contributed by atoms with van der Waals surface area (Å²) in [6.45, 7) is 3.07. The normalized spacial score (nSPS) is 13.9. The molecule has 0 bridgehead atoms. The van der Waals surface area contributed by atoms with E-state index in [1.807, 2.05) is 31.2 Å². The maximum Gasteiger partial charge on any atom is 0.246 e. The molecule has 1 unspecified atom stereocenters. The van der Waals surface area contributed by atoms with Crippen molar-refractivity contribution in [3.05, 3.63) is 59.9 Å². The van der Waals surface area contributed by atoms with E-state index < -0.39 is 5.82 Å². The predicted octanol–water partition coefficient (Wildman–Crippen LogP) is 2.97. The molecule has 1 aliphatic rings. The molecule has 2 N–H and O–H groups in total. The molecule has 0 aliphatic carbocycles. The number of ether oxygens (including phenoxy) is 1. The van der Waals surface area contributed by atoms with E-state index in [0.29, 0.717) is 19.0 Å². The Bertz CT molecular complexity index is 862. The lowest BCUT2D eigenvalue weighted by atomic mass is 10.2. The summed E-state index contributed by atoms with van der Waals surface area (Å²) in [5, 5.41) is 6.12. The Morgan fingerprint density at radius 1 is 1.21 bits per heavy atom. The van der Waals surface area contributed by atoms with Crippen molar-refractivity contribution in [1.29, 1.82) is 0 Å². The van der Waals surface area contributed by atoms with Gasteiger partial charge in [0, 0.05) is 19.3 Å². The number of anilines is 1. The van der Waals surface area contributed by atoms with Crippen molar-refractivity contribution in [2.75, 3.05) is 31.6 Å². The number of carbonyl (C=O) groups is 1. The molecule has 0 fully saturated rings. The maximum atomic E-state index is 13.7. The van der Waals surface area contributed by atoms with Crippen LogP contribution in [0.4, 0.5) is 10.1 Å². The van der Waals surface area contributed by atoms with Crippen molar-refractivity contribution in [3.63, 3.8) is 0 Å². The van der Waals surface area contributed by atoms with Crippen LogP contribution in [-0.2, 0) is 11.2 Å². The first-order valence-electron chi connectivity index (χ1n) is 9.32. The molecule has 0 radical (unpaired) electrons. The van der Waals surface area contributed by atoms with Crippen molar-refractivity contribution in [2.45, 2.75) is 19.4 Å². The van der Waals surface area contributed by atoms with Gasteiger partial charge in [-0.1, -0.05) is 30.3 Å². The number of para-hydroxylation sites is 2. The molecule has 8 heteroatoms. The molecule has 1 heterocycles. The standard InChI is InChI=1S/C21H25FN4O2.HI/c1-15(28-19-10-6-4-8-17(19)22)13-24-21(23-2)25-14-20(27)26-12-11-16-7-3-5-9-18(16)26;/h3-10,15H,11-14H2,1-2H3,(H2,23,24,25);1H. The summed E-state index contributed by atoms with van der Waals surface area (Å²) in [6.07, 6.45) is 0.594. The van der Waals surface area contributed by atoms with Gasteiger partial charge in [-0.05, 0) is 37.1 Å². The number of aliphatic imine (C=N–C) groups is 1. The van der Waals surface area contributed by atoms with Gasteiger partial charge in [0.2, 0.25) is 5.91 Å². The average molecular weight is 512 g/mol. The third-order valence-corrected chi connectivity index (χ3v) is 4.54. The Kier molecular flexibility index (Phi) is 8.69. The monoisotopic (exact) mass is 512 g/mol. The van der Waals surface area contributed by atoms with Crippen molar-refractivity contribution in [1.82, 2.24) is 10.6 Å². The molecule has 156 valence electrons. The summed E-state index contributed by atoms with van der Waals surface area (Å²) in [7, 11) is 1.63. The van der Waals surface area contributed by atoms with Gasteiger partial charge in [-0.25, -0.2) is 4.39 Å². The Labute approximate surface area is 187 Å². The molecule has 2 aromatic carbocycles. The molecular formula is C21H26FIN4O2. The van der Waals surface area contributed by atoms with Crippen LogP contribution in [0.25, 0.3) is 0 Å². The molecular weight excluding hydrogens is 486 g/mol. The van der Waals surface area contributed by atoms with E-state index in [1.54, 1.807) is 30.1 Å². The molecule has 3 rings (SSSR count). The Hall–Kier alpha value is -2.36. The molecule has 1 aliphatic heterocycles. The zero-order valence-electron chi connectivity index (χ0n) is 16.5. The van der Waals surface area contributed by atoms with Crippen LogP contribution < -0.4 is 20.3 Å². The fourth-order valence-corrected chi connectivity index (χ4v) is 3.11. The van der Waals surface area contributed by atoms with Crippen LogP contribution in [0.1, 0.15) is 12.5 Å². The van der Waals surface area contributed by atoms with Gasteiger partial charge < -0.3 is 20.3 Å². The van der Waals surface area contributed by atoms with Gasteiger partial charge in [0.1, 0.15) is 6.10 Å². The highest BCUT2D eigenvalue weighted by molar-refractivity contribution is 14.0. The van der Waals surface area contributed by atoms with Crippen molar-refractivity contribution >= 4 is 41.5 Å². The SMILES string of the molecule is CN=C(NCC(=O)N1CCc2ccccc21)NCC(C)Oc1ccccc1F.I. The number of halogens is 2. The molecule has 0 spiro atoms. The Morgan fingerprint density at radius 2 is 1.93 bits per heavy atom. The molecule has 0 saturated carbocycles. The first-order chi connectivity index (χ1) is 13.6. The zero-order chi connectivity index (χ0) is 19.9. The second-order valence-corrected chi connectivity index (χ2v) is 6.59. The van der Waals surface area contributed by atoms with E-state index in [4.69, 9.17) is 4.74 Å². The molecule has 0 saturated heterocycles. The largest absolute Gasteiger partial charge is 0.486 e. The smallest absolute Gasteiger partial charge is 0.246 e. The van der Waals surface area contributed by atoms with Gasteiger partial charge in [-0.15, -0.1) is 24.0 Å². The fraction of sp³-hybridized carbons (Fsp3) is 0.333. The quantitative estimate of drug-likeness (QED) is 0.355. The van der Waals surface area contributed by atoms with Crippen LogP contribution in [0.2, 0.25) is 0 Å². The number of nitrogens with zero attached hydrogens (tertiary/aromatic N) is 2. The third kappa shape index (κ3) is 6.06.